The first-order chi connectivity index (χ1) is 16.2. The molecule has 2 aromatic carbocycles. The molecule has 0 radical (unpaired) electrons. The van der Waals surface area contributed by atoms with Gasteiger partial charge >= 0.3 is 6.18 Å². The first kappa shape index (κ1) is 24.2. The van der Waals surface area contributed by atoms with Crippen molar-refractivity contribution in [1.29, 1.82) is 0 Å². The molecule has 0 bridgehead atoms. The zero-order valence-corrected chi connectivity index (χ0v) is 19.4. The quantitative estimate of drug-likeness (QED) is 0.446. The number of nitrogens with one attached hydrogen (secondary N) is 3. The number of alkyl halides is 3. The summed E-state index contributed by atoms with van der Waals surface area (Å²) in [6.45, 7) is 0. The molecule has 3 N–H and O–H groups in total. The van der Waals surface area contributed by atoms with Crippen LogP contribution in [0.4, 0.5) is 24.5 Å². The SMILES string of the molecule is O=C(NC1CCCC1)C1=C(C(F)(F)F)N(Nc2ccccc2Cl)C(Nc2ccccc2Cl)N=C1. The van der Waals surface area contributed by atoms with Gasteiger partial charge in [0.05, 0.1) is 27.0 Å². The number of allylic oxidation sites excluding steroid dienone is 1. The molecule has 1 atom stereocenters. The van der Waals surface area contributed by atoms with Crippen molar-refractivity contribution in [2.24, 2.45) is 4.99 Å². The van der Waals surface area contributed by atoms with Crippen molar-refractivity contribution in [2.75, 3.05) is 10.7 Å². The molecule has 2 aliphatic rings. The molecule has 1 amide bonds. The number of amides is 1. The topological polar surface area (TPSA) is 68.8 Å². The molecule has 1 saturated carbocycles. The first-order valence-corrected chi connectivity index (χ1v) is 11.5. The number of hydrazine groups is 1. The van der Waals surface area contributed by atoms with E-state index in [1.165, 1.54) is 12.1 Å². The van der Waals surface area contributed by atoms with Crippen LogP contribution >= 0.6 is 23.2 Å². The van der Waals surface area contributed by atoms with Crippen LogP contribution in [0.15, 0.2) is 64.8 Å². The maximum absolute atomic E-state index is 14.4. The molecule has 1 fully saturated rings. The standard InChI is InChI=1S/C23H22Cl2F3N5O/c24-16-9-3-5-11-18(16)31-22-29-13-15(21(34)30-14-7-1-2-8-14)20(23(26,27)28)33(22)32-19-12-6-4-10-17(19)25/h3-6,9-14,22,31-32H,1-2,7-8H2,(H,30,34). The van der Waals surface area contributed by atoms with Gasteiger partial charge in [0.1, 0.15) is 0 Å². The molecule has 180 valence electrons. The summed E-state index contributed by atoms with van der Waals surface area (Å²) < 4.78 is 43.3. The molecule has 6 nitrogen and oxygen atoms in total. The normalized spacial score (nSPS) is 18.9. The summed E-state index contributed by atoms with van der Waals surface area (Å²) in [7, 11) is 0. The van der Waals surface area contributed by atoms with Gasteiger partial charge in [0.25, 0.3) is 5.91 Å². The predicted octanol–water partition coefficient (Wildman–Crippen LogP) is 5.98. The molecule has 1 heterocycles. The van der Waals surface area contributed by atoms with Crippen molar-refractivity contribution in [3.05, 3.63) is 69.8 Å². The number of anilines is 2. The number of nitrogens with zero attached hydrogens (tertiary/aromatic N) is 2. The third kappa shape index (κ3) is 5.42. The summed E-state index contributed by atoms with van der Waals surface area (Å²) >= 11 is 12.4. The summed E-state index contributed by atoms with van der Waals surface area (Å²) in [5, 5.41) is 6.87. The Morgan fingerprint density at radius 1 is 0.971 bits per heavy atom. The highest BCUT2D eigenvalue weighted by atomic mass is 35.5. The van der Waals surface area contributed by atoms with Crippen LogP contribution in [0.1, 0.15) is 25.7 Å². The first-order valence-electron chi connectivity index (χ1n) is 10.7. The molecule has 0 saturated heterocycles. The lowest BCUT2D eigenvalue weighted by Crippen LogP contribution is -2.51. The van der Waals surface area contributed by atoms with Crippen molar-refractivity contribution in [3.63, 3.8) is 0 Å². The van der Waals surface area contributed by atoms with Crippen molar-refractivity contribution in [2.45, 2.75) is 44.2 Å². The minimum absolute atomic E-state index is 0.160. The van der Waals surface area contributed by atoms with Gasteiger partial charge in [-0.05, 0) is 37.1 Å². The highest BCUT2D eigenvalue weighted by Gasteiger charge is 2.46. The fraction of sp³-hybridized carbons (Fsp3) is 0.304. The van der Waals surface area contributed by atoms with Crippen molar-refractivity contribution in [3.8, 4) is 0 Å². The van der Waals surface area contributed by atoms with E-state index in [1.54, 1.807) is 36.4 Å². The molecule has 34 heavy (non-hydrogen) atoms. The summed E-state index contributed by atoms with van der Waals surface area (Å²) in [6.07, 6.45) is -1.90. The lowest BCUT2D eigenvalue weighted by Gasteiger charge is -2.38. The Balaban J connectivity index is 1.74. The van der Waals surface area contributed by atoms with Crippen LogP contribution in [-0.2, 0) is 4.79 Å². The molecule has 1 unspecified atom stereocenters. The van der Waals surface area contributed by atoms with Gasteiger partial charge < -0.3 is 10.6 Å². The zero-order chi connectivity index (χ0) is 24.3. The Bertz CT molecular complexity index is 1120. The lowest BCUT2D eigenvalue weighted by atomic mass is 10.1. The van der Waals surface area contributed by atoms with E-state index in [9.17, 15) is 18.0 Å². The number of carbonyl (C=O) groups excluding carboxylic acids is 1. The van der Waals surface area contributed by atoms with Crippen LogP contribution in [0.25, 0.3) is 0 Å². The summed E-state index contributed by atoms with van der Waals surface area (Å²) in [5.41, 5.74) is 1.50. The van der Waals surface area contributed by atoms with E-state index in [0.29, 0.717) is 10.7 Å². The average Bonchev–Trinajstić information content (AvgIpc) is 3.30. The Hall–Kier alpha value is -2.91. The number of para-hydroxylation sites is 2. The van der Waals surface area contributed by atoms with E-state index in [-0.39, 0.29) is 16.8 Å². The second-order valence-corrected chi connectivity index (χ2v) is 8.77. The van der Waals surface area contributed by atoms with Crippen LogP contribution in [0.5, 0.6) is 0 Å². The number of hydrogen-bond acceptors (Lipinski definition) is 5. The van der Waals surface area contributed by atoms with E-state index in [0.717, 1.165) is 36.9 Å². The average molecular weight is 512 g/mol. The van der Waals surface area contributed by atoms with E-state index in [2.05, 4.69) is 21.1 Å². The maximum atomic E-state index is 14.4. The molecule has 1 aliphatic carbocycles. The summed E-state index contributed by atoms with van der Waals surface area (Å²) in [6, 6.07) is 12.8. The van der Waals surface area contributed by atoms with E-state index in [1.807, 2.05) is 0 Å². The number of rotatable bonds is 6. The minimum atomic E-state index is -4.89. The van der Waals surface area contributed by atoms with Gasteiger partial charge in [-0.3, -0.25) is 10.2 Å². The molecule has 0 spiro atoms. The Kier molecular flexibility index (Phi) is 7.23. The van der Waals surface area contributed by atoms with Crippen molar-refractivity contribution >= 4 is 46.7 Å². The van der Waals surface area contributed by atoms with E-state index in [4.69, 9.17) is 23.2 Å². The molecule has 2 aromatic rings. The van der Waals surface area contributed by atoms with Crippen LogP contribution in [0, 0.1) is 0 Å². The highest BCUT2D eigenvalue weighted by molar-refractivity contribution is 6.33. The third-order valence-electron chi connectivity index (χ3n) is 5.56. The van der Waals surface area contributed by atoms with Gasteiger partial charge in [-0.2, -0.15) is 13.2 Å². The van der Waals surface area contributed by atoms with Crippen LogP contribution in [0.3, 0.4) is 0 Å². The molecular weight excluding hydrogens is 490 g/mol. The smallest absolute Gasteiger partial charge is 0.349 e. The number of hydrogen-bond donors (Lipinski definition) is 3. The second-order valence-electron chi connectivity index (χ2n) is 7.95. The Labute approximate surface area is 204 Å². The third-order valence-corrected chi connectivity index (χ3v) is 6.22. The van der Waals surface area contributed by atoms with Crippen LogP contribution in [-0.4, -0.2) is 35.6 Å². The fourth-order valence-corrected chi connectivity index (χ4v) is 4.30. The van der Waals surface area contributed by atoms with Gasteiger partial charge in [0.2, 0.25) is 6.29 Å². The summed E-state index contributed by atoms with van der Waals surface area (Å²) in [4.78, 5) is 17.1. The molecular formula is C23H22Cl2F3N5O. The second kappa shape index (κ2) is 10.1. The number of aliphatic imine (C=N–C) groups is 1. The van der Waals surface area contributed by atoms with Gasteiger partial charge in [0.15, 0.2) is 5.70 Å². The monoisotopic (exact) mass is 511 g/mol. The van der Waals surface area contributed by atoms with E-state index >= 15 is 0 Å². The lowest BCUT2D eigenvalue weighted by molar-refractivity contribution is -0.123. The Morgan fingerprint density at radius 2 is 1.56 bits per heavy atom. The minimum Gasteiger partial charge on any atom is -0.349 e. The number of benzene rings is 2. The van der Waals surface area contributed by atoms with Crippen LogP contribution < -0.4 is 16.1 Å². The van der Waals surface area contributed by atoms with Gasteiger partial charge in [0, 0.05) is 12.3 Å². The largest absolute Gasteiger partial charge is 0.433 e. The highest BCUT2D eigenvalue weighted by Crippen LogP contribution is 2.37. The molecule has 11 heteroatoms. The van der Waals surface area contributed by atoms with Gasteiger partial charge in [-0.1, -0.05) is 60.3 Å². The predicted molar refractivity (Wildman–Crippen MR) is 128 cm³/mol. The van der Waals surface area contributed by atoms with Crippen molar-refractivity contribution < 1.29 is 18.0 Å². The van der Waals surface area contributed by atoms with Crippen LogP contribution in [0.2, 0.25) is 10.0 Å². The zero-order valence-electron chi connectivity index (χ0n) is 17.9. The molecule has 1 aliphatic heterocycles. The van der Waals surface area contributed by atoms with E-state index < -0.39 is 29.6 Å². The fourth-order valence-electron chi connectivity index (χ4n) is 3.93. The van der Waals surface area contributed by atoms with Crippen molar-refractivity contribution in [1.82, 2.24) is 10.3 Å². The van der Waals surface area contributed by atoms with Gasteiger partial charge in [-0.15, -0.1) is 0 Å². The maximum Gasteiger partial charge on any atom is 0.433 e. The molecule has 4 rings (SSSR count). The summed E-state index contributed by atoms with van der Waals surface area (Å²) in [5.74, 6) is -0.829. The molecule has 0 aromatic heterocycles. The Morgan fingerprint density at radius 3 is 2.15 bits per heavy atom. The van der Waals surface area contributed by atoms with Gasteiger partial charge in [-0.25, -0.2) is 10.0 Å². The number of carbonyl (C=O) groups is 1. The number of halogens is 5.